The van der Waals surface area contributed by atoms with E-state index in [1.165, 1.54) is 0 Å². The number of amides is 2. The molecule has 0 saturated carbocycles. The number of hydrogen-bond acceptors (Lipinski definition) is 34. The molecule has 87 heavy (non-hydrogen) atoms. The van der Waals surface area contributed by atoms with E-state index in [-0.39, 0.29) is 51.2 Å². The summed E-state index contributed by atoms with van der Waals surface area (Å²) in [4.78, 5) is 17.8. The van der Waals surface area contributed by atoms with Crippen LogP contribution in [0.15, 0.2) is 123 Å². The fourth-order valence-electron chi connectivity index (χ4n) is 6.86. The molecule has 6 aromatic carbocycles. The minimum atomic E-state index is -5.49. The van der Waals surface area contributed by atoms with Gasteiger partial charge < -0.3 is 58.4 Å². The van der Waals surface area contributed by atoms with Gasteiger partial charge in [-0.05, 0) is 71.4 Å². The van der Waals surface area contributed by atoms with Gasteiger partial charge in [0.05, 0.1) is 65.5 Å². The molecule has 0 aliphatic heterocycles. The number of hydrogen-bond donors (Lipinski definition) is 6. The Kier molecular flexibility index (Phi) is 25.4. The van der Waals surface area contributed by atoms with E-state index in [1.807, 2.05) is 0 Å². The molecule has 0 unspecified atom stereocenters. The Morgan fingerprint density at radius 1 is 0.437 bits per heavy atom. The molecule has 2 amide bonds. The molecule has 0 heterocycles. The number of aromatic hydroxyl groups is 4. The average Bonchev–Trinajstić information content (AvgIpc) is 0.906. The summed E-state index contributed by atoms with van der Waals surface area (Å²) in [6, 6.07) is 8.45. The molecule has 3 radical (unpaired) electrons. The molecule has 0 atom stereocenters. The molecule has 6 rings (SSSR count). The smallest absolute Gasteiger partial charge is 0.744 e. The van der Waals surface area contributed by atoms with E-state index in [1.54, 1.807) is 0 Å². The predicted octanol–water partition coefficient (Wildman–Crippen LogP) is 1.36. The number of phenols is 4. The Balaban J connectivity index is 0.000000574. The number of sulfone groups is 2. The van der Waals surface area contributed by atoms with E-state index in [9.17, 15) is 125 Å². The first-order chi connectivity index (χ1) is 38.2. The number of rotatable bonds is 20. The minimum absolute atomic E-state index is 0. The topological polar surface area (TPSA) is 618 Å². The first kappa shape index (κ1) is 77.1. The SMILES string of the molecule is CC(=O)Nc1cc(S(=O)(=O)[O-])cc2cc(S(=O)(=O)[O-])c(N=Nc3ccc(S(=O)(=O)CCOS(=O)(=O)[O-])cc3O)c(O)c12.CC(=O)Nc1cc(S(=O)(=O)[O-])cc2cc(S(=O)(=O)[O-])c(N=Nc3ccc(S(=O)(=O)CCOS(=O)(=O)[O-])cc3O)c(O)c12.[Cu+2].[Cu+2].[Cu+2]. The summed E-state index contributed by atoms with van der Waals surface area (Å²) in [5.74, 6) is -7.55. The second-order valence-electron chi connectivity index (χ2n) is 16.3. The zero-order valence-corrected chi connectivity index (χ0v) is 51.5. The zero-order chi connectivity index (χ0) is 63.7. The number of anilines is 2. The van der Waals surface area contributed by atoms with Crippen LogP contribution in [0.25, 0.3) is 21.5 Å². The predicted molar refractivity (Wildman–Crippen MR) is 272 cm³/mol. The Bertz CT molecular complexity index is 4470. The molecule has 6 aromatic rings. The van der Waals surface area contributed by atoms with Crippen LogP contribution in [0.2, 0.25) is 0 Å². The molecule has 0 fully saturated rings. The monoisotopic (exact) mass is 1520 g/mol. The maximum atomic E-state index is 12.3. The summed E-state index contributed by atoms with van der Waals surface area (Å²) in [5, 5.41) is 58.7. The Morgan fingerprint density at radius 2 is 0.747 bits per heavy atom. The van der Waals surface area contributed by atoms with Crippen LogP contribution in [0, 0.1) is 0 Å². The molecular weight excluding hydrogens is 1490 g/mol. The van der Waals surface area contributed by atoms with E-state index in [2.05, 4.69) is 39.5 Å². The number of phenolic OH excluding ortho intramolecular Hbond substituents is 4. The van der Waals surface area contributed by atoms with Crippen molar-refractivity contribution < 1.29 is 184 Å². The second-order valence-corrected chi connectivity index (χ2v) is 28.0. The van der Waals surface area contributed by atoms with Crippen molar-refractivity contribution in [3.8, 4) is 23.0 Å². The summed E-state index contributed by atoms with van der Waals surface area (Å²) in [5.41, 5.74) is -4.09. The van der Waals surface area contributed by atoms with Gasteiger partial charge in [-0.2, -0.15) is 0 Å². The van der Waals surface area contributed by atoms with Gasteiger partial charge in [0.1, 0.15) is 74.7 Å². The van der Waals surface area contributed by atoms with Gasteiger partial charge in [0, 0.05) is 36.8 Å². The number of nitrogens with one attached hydrogen (secondary N) is 2. The number of carbonyl (C=O) groups is 2. The molecule has 0 aliphatic carbocycles. The summed E-state index contributed by atoms with van der Waals surface area (Å²) in [6.45, 7) is -0.0624. The number of fused-ring (bicyclic) bond motifs is 2. The molecule has 6 N–H and O–H groups in total. The number of carbonyl (C=O) groups excluding carboxylic acids is 2. The number of nitrogens with zero attached hydrogens (tertiary/aromatic N) is 4. The summed E-state index contributed by atoms with van der Waals surface area (Å²) in [6.07, 6.45) is 0. The third-order valence-electron chi connectivity index (χ3n) is 10.3. The van der Waals surface area contributed by atoms with Crippen LogP contribution in [-0.4, -0.2) is 152 Å². The Labute approximate surface area is 523 Å². The van der Waals surface area contributed by atoms with Gasteiger partial charge in [0.25, 0.3) is 0 Å². The van der Waals surface area contributed by atoms with Gasteiger partial charge in [0.2, 0.25) is 32.6 Å². The van der Waals surface area contributed by atoms with Crippen molar-refractivity contribution in [3.05, 3.63) is 72.8 Å². The standard InChI is InChI=1S/2C20H19N3O15S4.3Cu/c2*1-10(24)21-15-8-13(40(29,30)31)6-11-7-17(41(32,33)34)19(20(26)18(11)15)23-22-14-3-2-12(9-16(14)25)39(27,28)5-4-38-42(35,36)37;;;/h2*2-3,6-9,25-26H,4-5H2,1H3,(H,21,24)(H,29,30,31)(H,32,33,34)(H,35,36,37);;;/q;;3*+2/p-6. The Hall–Kier alpha value is -5.98. The minimum Gasteiger partial charge on any atom is -0.744 e. The van der Waals surface area contributed by atoms with Crippen LogP contribution in [0.5, 0.6) is 23.0 Å². The van der Waals surface area contributed by atoms with E-state index in [4.69, 9.17) is 0 Å². The quantitative estimate of drug-likeness (QED) is 0.0272. The van der Waals surface area contributed by atoms with Crippen LogP contribution in [-0.2, 0) is 150 Å². The summed E-state index contributed by atoms with van der Waals surface area (Å²) >= 11 is 0. The second kappa shape index (κ2) is 28.7. The third kappa shape index (κ3) is 20.5. The number of benzene rings is 6. The van der Waals surface area contributed by atoms with E-state index >= 15 is 0 Å². The van der Waals surface area contributed by atoms with Gasteiger partial charge >= 0.3 is 51.2 Å². The van der Waals surface area contributed by atoms with Crippen LogP contribution in [0.1, 0.15) is 13.8 Å². The van der Waals surface area contributed by atoms with Gasteiger partial charge in [-0.1, -0.05) is 0 Å². The molecule has 0 aliphatic rings. The molecule has 0 bridgehead atoms. The van der Waals surface area contributed by atoms with Crippen molar-refractivity contribution in [1.82, 2.24) is 0 Å². The van der Waals surface area contributed by atoms with Gasteiger partial charge in [-0.15, -0.1) is 20.5 Å². The first-order valence-electron chi connectivity index (χ1n) is 21.4. The fraction of sp³-hybridized carbons (Fsp3) is 0.150. The molecule has 47 heteroatoms. The third-order valence-corrected chi connectivity index (χ3v) is 17.9. The maximum absolute atomic E-state index is 12.3. The molecule has 36 nitrogen and oxygen atoms in total. The molecule has 0 aromatic heterocycles. The van der Waals surface area contributed by atoms with Crippen molar-refractivity contribution in [3.63, 3.8) is 0 Å². The van der Waals surface area contributed by atoms with Crippen molar-refractivity contribution in [1.29, 1.82) is 0 Å². The molecule has 0 spiro atoms. The van der Waals surface area contributed by atoms with Crippen molar-refractivity contribution >= 4 is 148 Å². The van der Waals surface area contributed by atoms with E-state index in [0.717, 1.165) is 38.1 Å². The van der Waals surface area contributed by atoms with Gasteiger partial charge in [-0.3, -0.25) is 18.0 Å². The molecule has 0 saturated heterocycles. The van der Waals surface area contributed by atoms with E-state index in [0.29, 0.717) is 48.5 Å². The number of azo groups is 2. The van der Waals surface area contributed by atoms with Crippen molar-refractivity contribution in [2.24, 2.45) is 20.5 Å². The van der Waals surface area contributed by atoms with Crippen LogP contribution in [0.4, 0.5) is 34.1 Å². The average molecular weight is 1520 g/mol. The van der Waals surface area contributed by atoms with Crippen LogP contribution >= 0.6 is 0 Å². The zero-order valence-electron chi connectivity index (χ0n) is 42.1. The maximum Gasteiger partial charge on any atom is 2.00 e. The normalized spacial score (nSPS) is 12.6. The first-order valence-corrected chi connectivity index (χ1v) is 33.0. The van der Waals surface area contributed by atoms with Gasteiger partial charge in [0.15, 0.2) is 31.2 Å². The van der Waals surface area contributed by atoms with E-state index < -0.39 is 226 Å². The summed E-state index contributed by atoms with van der Waals surface area (Å²) in [7, 11) is -40.2. The fourth-order valence-corrected chi connectivity index (χ4v) is 12.2. The molecule has 483 valence electrons. The van der Waals surface area contributed by atoms with Crippen molar-refractivity contribution in [2.75, 3.05) is 35.4 Å². The summed E-state index contributed by atoms with van der Waals surface area (Å²) < 4.78 is 261. The molecular formula is C40H32Cu3N6O30S8. The van der Waals surface area contributed by atoms with Crippen LogP contribution in [0.3, 0.4) is 0 Å². The largest absolute Gasteiger partial charge is 2.00 e. The van der Waals surface area contributed by atoms with Gasteiger partial charge in [-0.25, -0.2) is 67.3 Å². The van der Waals surface area contributed by atoms with Crippen LogP contribution < -0.4 is 10.6 Å². The van der Waals surface area contributed by atoms with Crippen molar-refractivity contribution in [2.45, 2.75) is 43.2 Å². The Morgan fingerprint density at radius 3 is 1.00 bits per heavy atom.